The Bertz CT molecular complexity index is 1170. The molecule has 1 aromatic carbocycles. The molecule has 1 aliphatic carbocycles. The van der Waals surface area contributed by atoms with E-state index in [0.717, 1.165) is 23.9 Å². The van der Waals surface area contributed by atoms with Crippen molar-refractivity contribution in [2.24, 2.45) is 5.92 Å². The minimum absolute atomic E-state index is 0.137. The molecule has 32 heavy (non-hydrogen) atoms. The fraction of sp³-hybridized carbons (Fsp3) is 0.417. The average molecular weight is 437 g/mol. The molecule has 168 valence electrons. The number of aliphatic carboxylic acids is 1. The second-order valence-corrected chi connectivity index (χ2v) is 9.09. The number of aryl methyl sites for hydroxylation is 1. The summed E-state index contributed by atoms with van der Waals surface area (Å²) in [6, 6.07) is 9.01. The third kappa shape index (κ3) is 4.50. The van der Waals surface area contributed by atoms with Crippen LogP contribution in [0.4, 0.5) is 5.69 Å². The number of aliphatic hydroxyl groups is 1. The molecule has 3 aromatic rings. The van der Waals surface area contributed by atoms with Crippen LogP contribution in [0.3, 0.4) is 0 Å². The van der Waals surface area contributed by atoms with Gasteiger partial charge in [0.05, 0.1) is 23.1 Å². The van der Waals surface area contributed by atoms with E-state index in [2.05, 4.69) is 10.3 Å². The number of nitrogens with one attached hydrogen (secondary N) is 1. The Morgan fingerprint density at radius 1 is 1.16 bits per heavy atom. The number of fused-ring (bicyclic) bond motifs is 1. The van der Waals surface area contributed by atoms with E-state index >= 15 is 0 Å². The molecular weight excluding hydrogens is 408 g/mol. The number of amides is 1. The topological polar surface area (TPSA) is 117 Å². The van der Waals surface area contributed by atoms with E-state index in [-0.39, 0.29) is 17.9 Å². The Balaban J connectivity index is 1.65. The lowest BCUT2D eigenvalue weighted by atomic mass is 9.86. The first-order valence-electron chi connectivity index (χ1n) is 10.9. The van der Waals surface area contributed by atoms with Gasteiger partial charge in [0.15, 0.2) is 0 Å². The van der Waals surface area contributed by atoms with Gasteiger partial charge in [-0.3, -0.25) is 14.3 Å². The molecule has 1 fully saturated rings. The average Bonchev–Trinajstić information content (AvgIpc) is 3.15. The summed E-state index contributed by atoms with van der Waals surface area (Å²) in [4.78, 5) is 28.3. The number of anilines is 1. The van der Waals surface area contributed by atoms with Gasteiger partial charge in [-0.2, -0.15) is 5.10 Å². The van der Waals surface area contributed by atoms with Gasteiger partial charge in [0.25, 0.3) is 5.91 Å². The third-order valence-electron chi connectivity index (χ3n) is 6.11. The minimum Gasteiger partial charge on any atom is -0.481 e. The van der Waals surface area contributed by atoms with Gasteiger partial charge in [-0.05, 0) is 70.7 Å². The van der Waals surface area contributed by atoms with Crippen molar-refractivity contribution in [1.82, 2.24) is 14.8 Å². The molecule has 0 radical (unpaired) electrons. The summed E-state index contributed by atoms with van der Waals surface area (Å²) in [5.74, 6) is -1.36. The summed E-state index contributed by atoms with van der Waals surface area (Å²) in [6.07, 6.45) is 4.71. The zero-order valence-electron chi connectivity index (χ0n) is 18.5. The van der Waals surface area contributed by atoms with Gasteiger partial charge in [-0.25, -0.2) is 4.98 Å². The van der Waals surface area contributed by atoms with E-state index in [0.29, 0.717) is 35.3 Å². The number of carbonyl (C=O) groups excluding carboxylic acids is 1. The molecule has 0 spiro atoms. The third-order valence-corrected chi connectivity index (χ3v) is 6.11. The second-order valence-electron chi connectivity index (χ2n) is 9.09. The van der Waals surface area contributed by atoms with E-state index in [1.807, 2.05) is 29.9 Å². The van der Waals surface area contributed by atoms with Crippen LogP contribution in [-0.4, -0.2) is 36.9 Å². The summed E-state index contributed by atoms with van der Waals surface area (Å²) in [6.45, 7) is 5.15. The molecule has 0 bridgehead atoms. The molecule has 3 N–H and O–H groups in total. The van der Waals surface area contributed by atoms with E-state index in [1.165, 1.54) is 0 Å². The van der Waals surface area contributed by atoms with Crippen molar-refractivity contribution >= 4 is 28.5 Å². The highest BCUT2D eigenvalue weighted by molar-refractivity contribution is 6.04. The minimum atomic E-state index is -1.19. The fourth-order valence-electron chi connectivity index (χ4n) is 4.33. The number of carbonyl (C=O) groups is 2. The first kappa shape index (κ1) is 22.0. The molecular formula is C24H28N4O4. The zero-order chi connectivity index (χ0) is 23.0. The van der Waals surface area contributed by atoms with Crippen LogP contribution in [0.1, 0.15) is 67.3 Å². The van der Waals surface area contributed by atoms with Gasteiger partial charge in [0.1, 0.15) is 5.69 Å². The monoisotopic (exact) mass is 436 g/mol. The van der Waals surface area contributed by atoms with E-state index in [1.54, 1.807) is 32.0 Å². The number of hydrogen-bond acceptors (Lipinski definition) is 5. The molecule has 1 aliphatic rings. The maximum absolute atomic E-state index is 12.8. The van der Waals surface area contributed by atoms with Crippen LogP contribution in [0.15, 0.2) is 36.5 Å². The lowest BCUT2D eigenvalue weighted by molar-refractivity contribution is -0.143. The fourth-order valence-corrected chi connectivity index (χ4v) is 4.33. The largest absolute Gasteiger partial charge is 0.481 e. The zero-order valence-corrected chi connectivity index (χ0v) is 18.5. The first-order valence-corrected chi connectivity index (χ1v) is 10.9. The molecule has 0 aliphatic heterocycles. The van der Waals surface area contributed by atoms with Crippen molar-refractivity contribution in [3.05, 3.63) is 53.5 Å². The summed E-state index contributed by atoms with van der Waals surface area (Å²) >= 11 is 0. The van der Waals surface area contributed by atoms with Gasteiger partial charge in [-0.15, -0.1) is 0 Å². The van der Waals surface area contributed by atoms with Crippen LogP contribution in [0.25, 0.3) is 10.9 Å². The summed E-state index contributed by atoms with van der Waals surface area (Å²) in [7, 11) is 0. The first-order chi connectivity index (χ1) is 15.1. The number of carboxylic acids is 1. The molecule has 0 saturated heterocycles. The number of carboxylic acid groups (broad SMARTS) is 1. The molecule has 0 atom stereocenters. The van der Waals surface area contributed by atoms with E-state index < -0.39 is 11.6 Å². The Kier molecular flexibility index (Phi) is 5.73. The molecule has 2 heterocycles. The highest BCUT2D eigenvalue weighted by Gasteiger charge is 2.28. The molecule has 0 unspecified atom stereocenters. The number of nitrogens with zero attached hydrogens (tertiary/aromatic N) is 3. The SMILES string of the molecule is Cc1cccc(C(=O)Nc2cc3cn(C4CCC(C(=O)O)CC4)nc3cc2C(C)(C)O)n1. The van der Waals surface area contributed by atoms with Crippen molar-refractivity contribution in [3.8, 4) is 0 Å². The van der Waals surface area contributed by atoms with E-state index in [4.69, 9.17) is 5.10 Å². The number of rotatable bonds is 5. The van der Waals surface area contributed by atoms with Crippen LogP contribution < -0.4 is 5.32 Å². The number of hydrogen-bond donors (Lipinski definition) is 3. The van der Waals surface area contributed by atoms with Crippen LogP contribution in [0.5, 0.6) is 0 Å². The molecule has 1 saturated carbocycles. The van der Waals surface area contributed by atoms with Crippen LogP contribution >= 0.6 is 0 Å². The van der Waals surface area contributed by atoms with Gasteiger partial charge in [-0.1, -0.05) is 6.07 Å². The Hall–Kier alpha value is -3.26. The van der Waals surface area contributed by atoms with Gasteiger partial charge < -0.3 is 15.5 Å². The predicted molar refractivity (Wildman–Crippen MR) is 121 cm³/mol. The number of benzene rings is 1. The van der Waals surface area contributed by atoms with E-state index in [9.17, 15) is 19.8 Å². The summed E-state index contributed by atoms with van der Waals surface area (Å²) in [5, 5.41) is 28.4. The normalized spacial score (nSPS) is 19.1. The summed E-state index contributed by atoms with van der Waals surface area (Å²) in [5.41, 5.74) is 1.64. The van der Waals surface area contributed by atoms with Crippen molar-refractivity contribution in [3.63, 3.8) is 0 Å². The molecule has 8 heteroatoms. The van der Waals surface area contributed by atoms with Crippen LogP contribution in [0.2, 0.25) is 0 Å². The number of pyridine rings is 1. The quantitative estimate of drug-likeness (QED) is 0.556. The summed E-state index contributed by atoms with van der Waals surface area (Å²) < 4.78 is 1.89. The Morgan fingerprint density at radius 2 is 1.88 bits per heavy atom. The van der Waals surface area contributed by atoms with Crippen molar-refractivity contribution in [2.75, 3.05) is 5.32 Å². The van der Waals surface area contributed by atoms with Gasteiger partial charge >= 0.3 is 5.97 Å². The van der Waals surface area contributed by atoms with Crippen LogP contribution in [0, 0.1) is 12.8 Å². The van der Waals surface area contributed by atoms with Crippen molar-refractivity contribution in [2.45, 2.75) is 58.1 Å². The second kappa shape index (κ2) is 8.35. The Morgan fingerprint density at radius 3 is 2.50 bits per heavy atom. The lowest BCUT2D eigenvalue weighted by Crippen LogP contribution is -2.23. The smallest absolute Gasteiger partial charge is 0.306 e. The highest BCUT2D eigenvalue weighted by Crippen LogP contribution is 2.35. The lowest BCUT2D eigenvalue weighted by Gasteiger charge is -2.26. The number of aromatic nitrogens is 3. The molecule has 8 nitrogen and oxygen atoms in total. The highest BCUT2D eigenvalue weighted by atomic mass is 16.4. The maximum atomic E-state index is 12.8. The predicted octanol–water partition coefficient (Wildman–Crippen LogP) is 4.04. The van der Waals surface area contributed by atoms with Crippen molar-refractivity contribution < 1.29 is 19.8 Å². The molecule has 2 aromatic heterocycles. The van der Waals surface area contributed by atoms with Gasteiger partial charge in [0, 0.05) is 28.5 Å². The standard InChI is InChI=1S/C24H28N4O4/c1-14-5-4-6-19(25-14)22(29)26-21-11-16-13-28(17-9-7-15(8-10-17)23(30)31)27-20(16)12-18(21)24(2,3)32/h4-6,11-13,15,17,32H,7-10H2,1-3H3,(H,26,29)(H,30,31). The molecule has 1 amide bonds. The maximum Gasteiger partial charge on any atom is 0.306 e. The Labute approximate surface area is 186 Å². The van der Waals surface area contributed by atoms with Gasteiger partial charge in [0.2, 0.25) is 0 Å². The van der Waals surface area contributed by atoms with Crippen molar-refractivity contribution in [1.29, 1.82) is 0 Å². The molecule has 4 rings (SSSR count). The van der Waals surface area contributed by atoms with Crippen LogP contribution in [-0.2, 0) is 10.4 Å².